The Morgan fingerprint density at radius 1 is 1.15 bits per heavy atom. The van der Waals surface area contributed by atoms with E-state index in [1.807, 2.05) is 0 Å². The minimum absolute atomic E-state index is 0.126. The molecule has 0 aromatic heterocycles. The lowest BCUT2D eigenvalue weighted by atomic mass is 9.89. The van der Waals surface area contributed by atoms with E-state index in [4.69, 9.17) is 0 Å². The van der Waals surface area contributed by atoms with Crippen LogP contribution in [0.5, 0.6) is 5.75 Å². The van der Waals surface area contributed by atoms with Crippen LogP contribution in [-0.2, 0) is 6.42 Å². The molecule has 0 heterocycles. The van der Waals surface area contributed by atoms with Crippen molar-refractivity contribution in [2.75, 3.05) is 0 Å². The maximum atomic E-state index is 12.2. The number of aryl methyl sites for hydroxylation is 1. The topological polar surface area (TPSA) is 9.23 Å². The van der Waals surface area contributed by atoms with Gasteiger partial charge in [-0.05, 0) is 48.9 Å². The van der Waals surface area contributed by atoms with E-state index in [1.54, 1.807) is 6.07 Å². The quantitative estimate of drug-likeness (QED) is 0.649. The molecule has 110 valence electrons. The van der Waals surface area contributed by atoms with Crippen molar-refractivity contribution >= 4 is 6.08 Å². The first-order chi connectivity index (χ1) is 9.48. The van der Waals surface area contributed by atoms with Gasteiger partial charge in [0.25, 0.3) is 0 Å². The summed E-state index contributed by atoms with van der Waals surface area (Å²) in [7, 11) is 0. The molecule has 20 heavy (non-hydrogen) atoms. The summed E-state index contributed by atoms with van der Waals surface area (Å²) in [6, 6.07) is 4.61. The second-order valence-electron chi connectivity index (χ2n) is 5.17. The van der Waals surface area contributed by atoms with Gasteiger partial charge in [0.1, 0.15) is 5.75 Å². The van der Waals surface area contributed by atoms with Crippen molar-refractivity contribution in [3.05, 3.63) is 34.9 Å². The van der Waals surface area contributed by atoms with Crippen molar-refractivity contribution in [2.45, 2.75) is 51.8 Å². The monoisotopic (exact) mass is 284 g/mol. The fraction of sp³-hybridized carbons (Fsp3) is 0.500. The molecule has 0 fully saturated rings. The predicted molar refractivity (Wildman–Crippen MR) is 73.6 cm³/mol. The molecule has 0 unspecified atom stereocenters. The second-order valence-corrected chi connectivity index (χ2v) is 5.17. The fourth-order valence-corrected chi connectivity index (χ4v) is 2.52. The first-order valence-electron chi connectivity index (χ1n) is 7.06. The molecule has 1 nitrogen and oxygen atoms in total. The number of unbranched alkanes of at least 4 members (excludes halogenated alkanes) is 2. The molecule has 0 saturated heterocycles. The minimum atomic E-state index is -4.62. The minimum Gasteiger partial charge on any atom is -0.406 e. The summed E-state index contributed by atoms with van der Waals surface area (Å²) < 4.78 is 40.5. The van der Waals surface area contributed by atoms with E-state index < -0.39 is 6.36 Å². The van der Waals surface area contributed by atoms with Crippen molar-refractivity contribution in [2.24, 2.45) is 0 Å². The highest BCUT2D eigenvalue weighted by Crippen LogP contribution is 2.31. The number of hydrogen-bond acceptors (Lipinski definition) is 1. The van der Waals surface area contributed by atoms with Crippen molar-refractivity contribution in [1.29, 1.82) is 0 Å². The second kappa shape index (κ2) is 6.33. The molecule has 0 saturated carbocycles. The number of hydrogen-bond donors (Lipinski definition) is 0. The molecule has 1 aromatic carbocycles. The fourth-order valence-electron chi connectivity index (χ4n) is 2.52. The third kappa shape index (κ3) is 4.29. The molecule has 0 atom stereocenters. The van der Waals surface area contributed by atoms with E-state index in [9.17, 15) is 13.2 Å². The molecule has 0 aliphatic heterocycles. The smallest absolute Gasteiger partial charge is 0.406 e. The highest BCUT2D eigenvalue weighted by molar-refractivity contribution is 5.60. The standard InChI is InChI=1S/C16H19F3O/c1-2-3-4-5-12-6-7-14-11-15(20-16(17,18)19)9-8-13(14)10-12/h8-11H,2-7H2,1H3. The number of rotatable bonds is 5. The van der Waals surface area contributed by atoms with Gasteiger partial charge in [-0.2, -0.15) is 0 Å². The Morgan fingerprint density at radius 2 is 1.95 bits per heavy atom. The number of allylic oxidation sites excluding steroid dienone is 1. The zero-order valence-corrected chi connectivity index (χ0v) is 11.6. The number of alkyl halides is 3. The van der Waals surface area contributed by atoms with Crippen LogP contribution in [0.2, 0.25) is 0 Å². The van der Waals surface area contributed by atoms with Gasteiger partial charge in [-0.3, -0.25) is 0 Å². The molecule has 1 aromatic rings. The molecule has 0 spiro atoms. The number of ether oxygens (including phenoxy) is 1. The van der Waals surface area contributed by atoms with Gasteiger partial charge in [0, 0.05) is 0 Å². The van der Waals surface area contributed by atoms with Crippen LogP contribution in [0.1, 0.15) is 50.2 Å². The SMILES string of the molecule is CCCCCC1=Cc2ccc(OC(F)(F)F)cc2CC1. The zero-order valence-electron chi connectivity index (χ0n) is 11.6. The van der Waals surface area contributed by atoms with E-state index in [0.29, 0.717) is 0 Å². The summed E-state index contributed by atoms with van der Waals surface area (Å²) in [5.41, 5.74) is 3.36. The van der Waals surface area contributed by atoms with Crippen LogP contribution in [0.15, 0.2) is 23.8 Å². The van der Waals surface area contributed by atoms with Crippen LogP contribution >= 0.6 is 0 Å². The molecular formula is C16H19F3O. The van der Waals surface area contributed by atoms with Crippen LogP contribution in [-0.4, -0.2) is 6.36 Å². The highest BCUT2D eigenvalue weighted by Gasteiger charge is 2.31. The number of halogens is 3. The Labute approximate surface area is 117 Å². The van der Waals surface area contributed by atoms with E-state index in [-0.39, 0.29) is 5.75 Å². The largest absolute Gasteiger partial charge is 0.573 e. The van der Waals surface area contributed by atoms with Crippen LogP contribution in [0.25, 0.3) is 6.08 Å². The lowest BCUT2D eigenvalue weighted by molar-refractivity contribution is -0.274. The highest BCUT2D eigenvalue weighted by atomic mass is 19.4. The predicted octanol–water partition coefficient (Wildman–Crippen LogP) is 5.50. The zero-order chi connectivity index (χ0) is 14.6. The summed E-state index contributed by atoms with van der Waals surface area (Å²) in [6.07, 6.45) is 3.93. The van der Waals surface area contributed by atoms with Crippen molar-refractivity contribution in [1.82, 2.24) is 0 Å². The van der Waals surface area contributed by atoms with Crippen LogP contribution in [0.3, 0.4) is 0 Å². The molecule has 1 aliphatic carbocycles. The van der Waals surface area contributed by atoms with Gasteiger partial charge in [-0.1, -0.05) is 37.5 Å². The first-order valence-corrected chi connectivity index (χ1v) is 7.06. The normalized spacial score (nSPS) is 14.7. The molecule has 1 aliphatic rings. The molecular weight excluding hydrogens is 265 g/mol. The van der Waals surface area contributed by atoms with E-state index >= 15 is 0 Å². The lowest BCUT2D eigenvalue weighted by Gasteiger charge is -2.18. The molecule has 0 N–H and O–H groups in total. The van der Waals surface area contributed by atoms with Crippen LogP contribution < -0.4 is 4.74 Å². The maximum absolute atomic E-state index is 12.2. The van der Waals surface area contributed by atoms with E-state index in [0.717, 1.165) is 30.4 Å². The van der Waals surface area contributed by atoms with Gasteiger partial charge in [-0.25, -0.2) is 0 Å². The molecule has 0 amide bonds. The van der Waals surface area contributed by atoms with Crippen molar-refractivity contribution < 1.29 is 17.9 Å². The van der Waals surface area contributed by atoms with Gasteiger partial charge in [0.05, 0.1) is 0 Å². The Morgan fingerprint density at radius 3 is 2.65 bits per heavy atom. The Balaban J connectivity index is 2.06. The van der Waals surface area contributed by atoms with Gasteiger partial charge < -0.3 is 4.74 Å². The third-order valence-corrected chi connectivity index (χ3v) is 3.52. The average molecular weight is 284 g/mol. The maximum Gasteiger partial charge on any atom is 0.573 e. The van der Waals surface area contributed by atoms with Crippen molar-refractivity contribution in [3.63, 3.8) is 0 Å². The van der Waals surface area contributed by atoms with E-state index in [2.05, 4.69) is 17.7 Å². The Bertz CT molecular complexity index is 489. The van der Waals surface area contributed by atoms with Gasteiger partial charge in [0.15, 0.2) is 0 Å². The summed E-state index contributed by atoms with van der Waals surface area (Å²) in [5.74, 6) is -0.126. The lowest BCUT2D eigenvalue weighted by Crippen LogP contribution is -2.17. The van der Waals surface area contributed by atoms with Crippen LogP contribution in [0, 0.1) is 0 Å². The van der Waals surface area contributed by atoms with Crippen molar-refractivity contribution in [3.8, 4) is 5.75 Å². The number of benzene rings is 1. The average Bonchev–Trinajstić information content (AvgIpc) is 2.37. The summed E-state index contributed by atoms with van der Waals surface area (Å²) in [5, 5.41) is 0. The molecule has 0 bridgehead atoms. The Hall–Kier alpha value is -1.45. The molecule has 0 radical (unpaired) electrons. The molecule has 2 rings (SSSR count). The summed E-state index contributed by atoms with van der Waals surface area (Å²) in [6.45, 7) is 2.17. The molecule has 4 heteroatoms. The van der Waals surface area contributed by atoms with Gasteiger partial charge >= 0.3 is 6.36 Å². The van der Waals surface area contributed by atoms with Gasteiger partial charge in [0.2, 0.25) is 0 Å². The first kappa shape index (κ1) is 14.9. The Kier molecular flexibility index (Phi) is 4.73. The summed E-state index contributed by atoms with van der Waals surface area (Å²) >= 11 is 0. The summed E-state index contributed by atoms with van der Waals surface area (Å²) in [4.78, 5) is 0. The van der Waals surface area contributed by atoms with Crippen LogP contribution in [0.4, 0.5) is 13.2 Å². The van der Waals surface area contributed by atoms with Gasteiger partial charge in [-0.15, -0.1) is 13.2 Å². The number of fused-ring (bicyclic) bond motifs is 1. The van der Waals surface area contributed by atoms with E-state index in [1.165, 1.54) is 37.0 Å². The third-order valence-electron chi connectivity index (χ3n) is 3.52.